The average molecular weight is 566 g/mol. The molecule has 17 nitrogen and oxygen atoms in total. The third kappa shape index (κ3) is 10.7. The number of carbonyl (C=O) groups is 3. The molecule has 0 aromatic carbocycles. The maximum Gasteiger partial charge on any atom is 0.408 e. The number of rotatable bonds is 14. The van der Waals surface area contributed by atoms with Crippen LogP contribution in [0.2, 0.25) is 0 Å². The summed E-state index contributed by atoms with van der Waals surface area (Å²) in [5.41, 5.74) is -0.748. The van der Waals surface area contributed by atoms with Crippen molar-refractivity contribution in [3.05, 3.63) is 20.2 Å². The van der Waals surface area contributed by atoms with Gasteiger partial charge in [0, 0.05) is 6.42 Å². The molecule has 0 saturated carbocycles. The van der Waals surface area contributed by atoms with Gasteiger partial charge in [-0.3, -0.25) is 4.79 Å². The zero-order chi connectivity index (χ0) is 29.3. The lowest BCUT2D eigenvalue weighted by atomic mass is 10.0. The largest absolute Gasteiger partial charge is 0.457 e. The predicted molar refractivity (Wildman–Crippen MR) is 126 cm³/mol. The van der Waals surface area contributed by atoms with Crippen molar-refractivity contribution < 1.29 is 57.9 Å². The van der Waals surface area contributed by atoms with E-state index >= 15 is 0 Å². The van der Waals surface area contributed by atoms with Crippen molar-refractivity contribution in [3.8, 4) is 0 Å². The molecule has 0 aromatic rings. The van der Waals surface area contributed by atoms with Crippen LogP contribution in [0.3, 0.4) is 0 Å². The molecule has 1 amide bonds. The first-order chi connectivity index (χ1) is 18.2. The highest BCUT2D eigenvalue weighted by atomic mass is 17.0. The first-order valence-electron chi connectivity index (χ1n) is 12.4. The topological polar surface area (TPSA) is 214 Å². The van der Waals surface area contributed by atoms with Gasteiger partial charge < -0.3 is 38.7 Å². The van der Waals surface area contributed by atoms with Crippen LogP contribution < -0.4 is 5.32 Å². The van der Waals surface area contributed by atoms with Crippen molar-refractivity contribution >= 4 is 18.0 Å². The van der Waals surface area contributed by atoms with E-state index < -0.39 is 77.0 Å². The molecule has 2 heterocycles. The SMILES string of the molecule is CC(C)C(NC(=O)OC(C)(C)C)C(=O)O[C@@H]1CO[C@H]2[C@@H]1OC[C@H]2OC(=O)CCCC(CO[N+](=O)[O-])O[N+](=O)[O-]. The molecule has 2 unspecified atom stereocenters. The van der Waals surface area contributed by atoms with E-state index in [9.17, 15) is 34.6 Å². The van der Waals surface area contributed by atoms with E-state index in [0.29, 0.717) is 0 Å². The van der Waals surface area contributed by atoms with Crippen molar-refractivity contribution in [2.24, 2.45) is 5.92 Å². The number of esters is 2. The Labute approximate surface area is 223 Å². The lowest BCUT2D eigenvalue weighted by molar-refractivity contribution is -0.790. The second-order valence-corrected chi connectivity index (χ2v) is 10.3. The van der Waals surface area contributed by atoms with Gasteiger partial charge in [0.2, 0.25) is 0 Å². The zero-order valence-corrected chi connectivity index (χ0v) is 22.4. The van der Waals surface area contributed by atoms with Gasteiger partial charge in [-0.05, 0) is 39.5 Å². The number of hydrogen-bond donors (Lipinski definition) is 1. The average Bonchev–Trinajstić information content (AvgIpc) is 3.37. The Morgan fingerprint density at radius 1 is 1.00 bits per heavy atom. The summed E-state index contributed by atoms with van der Waals surface area (Å²) in [4.78, 5) is 66.5. The lowest BCUT2D eigenvalue weighted by Gasteiger charge is -2.26. The van der Waals surface area contributed by atoms with E-state index in [0.717, 1.165) is 0 Å². The summed E-state index contributed by atoms with van der Waals surface area (Å²) in [6.45, 7) is 7.87. The third-order valence-electron chi connectivity index (χ3n) is 5.61. The van der Waals surface area contributed by atoms with E-state index in [1.54, 1.807) is 34.6 Å². The van der Waals surface area contributed by atoms with Gasteiger partial charge in [-0.1, -0.05) is 13.8 Å². The molecule has 2 aliphatic heterocycles. The van der Waals surface area contributed by atoms with Crippen molar-refractivity contribution in [1.82, 2.24) is 5.32 Å². The number of amides is 1. The number of nitrogens with one attached hydrogen (secondary N) is 1. The van der Waals surface area contributed by atoms with E-state index in [4.69, 9.17) is 23.7 Å². The first-order valence-corrected chi connectivity index (χ1v) is 12.4. The highest BCUT2D eigenvalue weighted by Crippen LogP contribution is 2.31. The van der Waals surface area contributed by atoms with E-state index in [-0.39, 0.29) is 38.4 Å². The Hall–Kier alpha value is -3.47. The van der Waals surface area contributed by atoms with Crippen molar-refractivity contribution in [2.45, 2.75) is 96.0 Å². The summed E-state index contributed by atoms with van der Waals surface area (Å²) in [6.07, 6.45) is -5.11. The fourth-order valence-electron chi connectivity index (χ4n) is 3.92. The number of ether oxygens (including phenoxy) is 5. The van der Waals surface area contributed by atoms with Crippen molar-refractivity contribution in [3.63, 3.8) is 0 Å². The van der Waals surface area contributed by atoms with E-state index in [1.807, 2.05) is 0 Å². The summed E-state index contributed by atoms with van der Waals surface area (Å²) in [7, 11) is 0. The van der Waals surface area contributed by atoms with E-state index in [2.05, 4.69) is 15.0 Å². The highest BCUT2D eigenvalue weighted by molar-refractivity contribution is 5.82. The molecule has 0 bridgehead atoms. The quantitative estimate of drug-likeness (QED) is 0.135. The number of nitrogens with zero attached hydrogens (tertiary/aromatic N) is 2. The normalized spacial score (nSPS) is 23.7. The van der Waals surface area contributed by atoms with Crippen LogP contribution in [-0.4, -0.2) is 90.2 Å². The van der Waals surface area contributed by atoms with Crippen LogP contribution in [0.25, 0.3) is 0 Å². The monoisotopic (exact) mass is 565 g/mol. The minimum atomic E-state index is -1.23. The molecule has 0 aromatic heterocycles. The number of hydrogen-bond acceptors (Lipinski definition) is 14. The molecule has 2 aliphatic rings. The zero-order valence-electron chi connectivity index (χ0n) is 22.4. The molecule has 0 radical (unpaired) electrons. The molecule has 222 valence electrons. The van der Waals surface area contributed by atoms with Crippen LogP contribution >= 0.6 is 0 Å². The molecule has 0 aliphatic carbocycles. The number of fused-ring (bicyclic) bond motifs is 1. The first kappa shape index (κ1) is 31.7. The Balaban J connectivity index is 1.83. The highest BCUT2D eigenvalue weighted by Gasteiger charge is 2.51. The standard InChI is InChI=1S/C22H35N3O14/c1-12(2)17(23-21(28)38-22(3,4)5)20(27)37-15-11-34-18-14(10-33-19(15)18)36-16(26)8-6-7-13(39-25(31)32)9-35-24(29)30/h12-15,17-19H,6-11H2,1-5H3,(H,23,28)/t13?,14-,15-,17?,18-,19-/m1/s1. The third-order valence-corrected chi connectivity index (χ3v) is 5.61. The molecule has 6 atom stereocenters. The summed E-state index contributed by atoms with van der Waals surface area (Å²) >= 11 is 0. The predicted octanol–water partition coefficient (Wildman–Crippen LogP) is 1.11. The van der Waals surface area contributed by atoms with Crippen LogP contribution in [-0.2, 0) is 42.9 Å². The Bertz CT molecular complexity index is 892. The fourth-order valence-corrected chi connectivity index (χ4v) is 3.92. The Morgan fingerprint density at radius 2 is 1.59 bits per heavy atom. The van der Waals surface area contributed by atoms with Gasteiger partial charge in [-0.2, -0.15) is 0 Å². The second kappa shape index (κ2) is 14.1. The van der Waals surface area contributed by atoms with Gasteiger partial charge in [0.1, 0.15) is 36.6 Å². The summed E-state index contributed by atoms with van der Waals surface area (Å²) in [5.74, 6) is -1.64. The lowest BCUT2D eigenvalue weighted by Crippen LogP contribution is -2.49. The molecular weight excluding hydrogens is 530 g/mol. The smallest absolute Gasteiger partial charge is 0.408 e. The molecule has 39 heavy (non-hydrogen) atoms. The molecule has 2 saturated heterocycles. The Morgan fingerprint density at radius 3 is 2.10 bits per heavy atom. The van der Waals surface area contributed by atoms with E-state index in [1.165, 1.54) is 0 Å². The molecule has 1 N–H and O–H groups in total. The van der Waals surface area contributed by atoms with Gasteiger partial charge >= 0.3 is 18.0 Å². The summed E-state index contributed by atoms with van der Waals surface area (Å²) in [5, 5.41) is 21.1. The molecule has 17 heteroatoms. The van der Waals surface area contributed by atoms with Crippen LogP contribution in [0.15, 0.2) is 0 Å². The molecule has 2 fully saturated rings. The van der Waals surface area contributed by atoms with Gasteiger partial charge in [0.15, 0.2) is 12.2 Å². The minimum absolute atomic E-state index is 0.0112. The van der Waals surface area contributed by atoms with Crippen molar-refractivity contribution in [2.75, 3.05) is 19.8 Å². The van der Waals surface area contributed by atoms with Gasteiger partial charge in [0.05, 0.1) is 13.2 Å². The number of carbonyl (C=O) groups excluding carboxylic acids is 3. The second-order valence-electron chi connectivity index (χ2n) is 10.3. The molecule has 0 spiro atoms. The van der Waals surface area contributed by atoms with Crippen LogP contribution in [0.1, 0.15) is 53.9 Å². The van der Waals surface area contributed by atoms with Gasteiger partial charge in [-0.15, -0.1) is 20.2 Å². The maximum atomic E-state index is 12.8. The number of alkyl carbamates (subject to hydrolysis) is 1. The molecule has 2 rings (SSSR count). The van der Waals surface area contributed by atoms with Gasteiger partial charge in [0.25, 0.3) is 10.2 Å². The maximum absolute atomic E-state index is 12.8. The van der Waals surface area contributed by atoms with Crippen molar-refractivity contribution in [1.29, 1.82) is 0 Å². The summed E-state index contributed by atoms with van der Waals surface area (Å²) < 4.78 is 27.5. The fraction of sp³-hybridized carbons (Fsp3) is 0.864. The van der Waals surface area contributed by atoms with Crippen LogP contribution in [0.5, 0.6) is 0 Å². The molecular formula is C22H35N3O14. The summed E-state index contributed by atoms with van der Waals surface area (Å²) in [6, 6.07) is -0.979. The minimum Gasteiger partial charge on any atom is -0.457 e. The van der Waals surface area contributed by atoms with Gasteiger partial charge in [-0.25, -0.2) is 9.59 Å². The Kier molecular flexibility index (Phi) is 11.5. The van der Waals surface area contributed by atoms with Crippen LogP contribution in [0.4, 0.5) is 4.79 Å². The van der Waals surface area contributed by atoms with Crippen LogP contribution in [0, 0.1) is 26.1 Å².